The Balaban J connectivity index is 0.000000261. The molecule has 1 aromatic rings. The van der Waals surface area contributed by atoms with Crippen LogP contribution >= 0.6 is 15.9 Å². The van der Waals surface area contributed by atoms with Gasteiger partial charge in [-0.25, -0.2) is 0 Å². The van der Waals surface area contributed by atoms with E-state index in [0.29, 0.717) is 0 Å². The van der Waals surface area contributed by atoms with Gasteiger partial charge in [0.05, 0.1) is 4.47 Å². The highest BCUT2D eigenvalue weighted by molar-refractivity contribution is 9.10. The molecule has 1 rings (SSSR count). The van der Waals surface area contributed by atoms with Crippen molar-refractivity contribution in [2.45, 2.75) is 6.92 Å². The molecule has 0 aliphatic rings. The highest BCUT2D eigenvalue weighted by Gasteiger charge is 1.89. The van der Waals surface area contributed by atoms with E-state index in [4.69, 9.17) is 15.0 Å². The Labute approximate surface area is 78.8 Å². The number of phenols is 1. The summed E-state index contributed by atoms with van der Waals surface area (Å²) in [6.45, 7) is 1.08. The molecule has 3 nitrogen and oxygen atoms in total. The van der Waals surface area contributed by atoms with Crippen LogP contribution in [0.4, 0.5) is 0 Å². The Morgan fingerprint density at radius 1 is 1.42 bits per heavy atom. The Kier molecular flexibility index (Phi) is 5.12. The first-order chi connectivity index (χ1) is 5.54. The van der Waals surface area contributed by atoms with E-state index in [1.165, 1.54) is 0 Å². The van der Waals surface area contributed by atoms with Crippen LogP contribution in [0.5, 0.6) is 5.75 Å². The summed E-state index contributed by atoms with van der Waals surface area (Å²) < 4.78 is 0.736. The predicted molar refractivity (Wildman–Crippen MR) is 49.1 cm³/mol. The highest BCUT2D eigenvalue weighted by Crippen LogP contribution is 2.21. The molecular formula is C8H9BrO3. The van der Waals surface area contributed by atoms with Crippen molar-refractivity contribution in [1.82, 2.24) is 0 Å². The molecular weight excluding hydrogens is 224 g/mol. The van der Waals surface area contributed by atoms with Crippen molar-refractivity contribution in [3.63, 3.8) is 0 Å². The van der Waals surface area contributed by atoms with Gasteiger partial charge >= 0.3 is 0 Å². The second-order valence-corrected chi connectivity index (χ2v) is 2.82. The fraction of sp³-hybridized carbons (Fsp3) is 0.125. The summed E-state index contributed by atoms with van der Waals surface area (Å²) in [7, 11) is 0. The lowest BCUT2D eigenvalue weighted by Gasteiger charge is -1.90. The van der Waals surface area contributed by atoms with Crippen molar-refractivity contribution in [1.29, 1.82) is 0 Å². The highest BCUT2D eigenvalue weighted by atomic mass is 79.9. The summed E-state index contributed by atoms with van der Waals surface area (Å²) in [4.78, 5) is 9.00. The summed E-state index contributed by atoms with van der Waals surface area (Å²) >= 11 is 3.15. The van der Waals surface area contributed by atoms with Gasteiger partial charge in [-0.1, -0.05) is 12.1 Å². The smallest absolute Gasteiger partial charge is 0.300 e. The lowest BCUT2D eigenvalue weighted by Crippen LogP contribution is -1.78. The second-order valence-electron chi connectivity index (χ2n) is 1.97. The maximum atomic E-state index is 9.00. The summed E-state index contributed by atoms with van der Waals surface area (Å²) in [5.41, 5.74) is 0. The zero-order valence-electron chi connectivity index (χ0n) is 6.49. The third-order valence-corrected chi connectivity index (χ3v) is 1.52. The van der Waals surface area contributed by atoms with E-state index in [9.17, 15) is 0 Å². The van der Waals surface area contributed by atoms with E-state index in [0.717, 1.165) is 11.4 Å². The number of aliphatic carboxylic acids is 1. The molecule has 12 heavy (non-hydrogen) atoms. The number of benzene rings is 1. The molecule has 0 unspecified atom stereocenters. The molecule has 0 fully saturated rings. The Morgan fingerprint density at radius 2 is 1.83 bits per heavy atom. The van der Waals surface area contributed by atoms with Crippen molar-refractivity contribution in [2.75, 3.05) is 0 Å². The van der Waals surface area contributed by atoms with Crippen LogP contribution in [0.25, 0.3) is 0 Å². The monoisotopic (exact) mass is 232 g/mol. The van der Waals surface area contributed by atoms with Gasteiger partial charge in [0.2, 0.25) is 0 Å². The quantitative estimate of drug-likeness (QED) is 0.722. The molecule has 0 saturated carbocycles. The van der Waals surface area contributed by atoms with Crippen LogP contribution in [0.2, 0.25) is 0 Å². The number of hydrogen-bond acceptors (Lipinski definition) is 2. The fourth-order valence-corrected chi connectivity index (χ4v) is 0.737. The molecule has 0 aliphatic carbocycles. The number of carboxylic acids is 1. The average Bonchev–Trinajstić information content (AvgIpc) is 1.94. The zero-order valence-corrected chi connectivity index (χ0v) is 8.08. The Morgan fingerprint density at radius 3 is 2.08 bits per heavy atom. The lowest BCUT2D eigenvalue weighted by molar-refractivity contribution is -0.134. The van der Waals surface area contributed by atoms with E-state index in [-0.39, 0.29) is 5.75 Å². The van der Waals surface area contributed by atoms with Crippen LogP contribution < -0.4 is 0 Å². The van der Waals surface area contributed by atoms with E-state index in [1.807, 2.05) is 6.07 Å². The summed E-state index contributed by atoms with van der Waals surface area (Å²) in [6.07, 6.45) is 0. The molecule has 1 aromatic carbocycles. The predicted octanol–water partition coefficient (Wildman–Crippen LogP) is 2.25. The van der Waals surface area contributed by atoms with Crippen LogP contribution in [0.1, 0.15) is 6.92 Å². The van der Waals surface area contributed by atoms with Crippen molar-refractivity contribution in [3.8, 4) is 5.75 Å². The molecule has 0 amide bonds. The van der Waals surface area contributed by atoms with Crippen molar-refractivity contribution in [2.24, 2.45) is 0 Å². The first-order valence-corrected chi connectivity index (χ1v) is 3.96. The molecule has 0 radical (unpaired) electrons. The Hall–Kier alpha value is -1.03. The molecule has 66 valence electrons. The minimum absolute atomic E-state index is 0.285. The number of rotatable bonds is 0. The van der Waals surface area contributed by atoms with E-state index in [1.54, 1.807) is 18.2 Å². The third kappa shape index (κ3) is 5.73. The second kappa shape index (κ2) is 5.60. The van der Waals surface area contributed by atoms with Gasteiger partial charge in [-0.3, -0.25) is 4.79 Å². The first-order valence-electron chi connectivity index (χ1n) is 3.17. The topological polar surface area (TPSA) is 57.5 Å². The van der Waals surface area contributed by atoms with Gasteiger partial charge in [0, 0.05) is 6.92 Å². The molecule has 0 aliphatic heterocycles. The van der Waals surface area contributed by atoms with Gasteiger partial charge in [0.1, 0.15) is 5.75 Å². The first kappa shape index (κ1) is 11.0. The van der Waals surface area contributed by atoms with Crippen molar-refractivity contribution in [3.05, 3.63) is 28.7 Å². The fourth-order valence-electron chi connectivity index (χ4n) is 0.452. The van der Waals surface area contributed by atoms with Gasteiger partial charge in [0.25, 0.3) is 5.97 Å². The number of carbonyl (C=O) groups is 1. The number of hydrogen-bond donors (Lipinski definition) is 2. The summed E-state index contributed by atoms with van der Waals surface area (Å²) in [6, 6.07) is 7.04. The average molecular weight is 233 g/mol. The standard InChI is InChI=1S/C6H5BrO.C2H4O2/c7-5-3-1-2-4-6(5)8;1-2(3)4/h1-4,8H;1H3,(H,3,4). The molecule has 0 bridgehead atoms. The van der Waals surface area contributed by atoms with Crippen LogP contribution in [0, 0.1) is 0 Å². The van der Waals surface area contributed by atoms with E-state index < -0.39 is 5.97 Å². The van der Waals surface area contributed by atoms with Gasteiger partial charge in [-0.15, -0.1) is 0 Å². The maximum Gasteiger partial charge on any atom is 0.300 e. The molecule has 0 aromatic heterocycles. The summed E-state index contributed by atoms with van der Waals surface area (Å²) in [5.74, 6) is -0.549. The molecule has 0 saturated heterocycles. The van der Waals surface area contributed by atoms with Gasteiger partial charge in [-0.05, 0) is 28.1 Å². The number of carboxylic acid groups (broad SMARTS) is 1. The third-order valence-electron chi connectivity index (χ3n) is 0.852. The molecule has 0 heterocycles. The van der Waals surface area contributed by atoms with Crippen LogP contribution in [0.3, 0.4) is 0 Å². The number of aromatic hydroxyl groups is 1. The van der Waals surface area contributed by atoms with Crippen molar-refractivity contribution < 1.29 is 15.0 Å². The zero-order chi connectivity index (χ0) is 9.56. The van der Waals surface area contributed by atoms with Gasteiger partial charge < -0.3 is 10.2 Å². The largest absolute Gasteiger partial charge is 0.507 e. The molecule has 4 heteroatoms. The van der Waals surface area contributed by atoms with Crippen molar-refractivity contribution >= 4 is 21.9 Å². The van der Waals surface area contributed by atoms with Gasteiger partial charge in [0.15, 0.2) is 0 Å². The molecule has 0 atom stereocenters. The van der Waals surface area contributed by atoms with E-state index >= 15 is 0 Å². The van der Waals surface area contributed by atoms with Gasteiger partial charge in [-0.2, -0.15) is 0 Å². The minimum atomic E-state index is -0.833. The number of phenolic OH excluding ortho intramolecular Hbond substituents is 1. The maximum absolute atomic E-state index is 9.00. The van der Waals surface area contributed by atoms with Crippen LogP contribution in [-0.2, 0) is 4.79 Å². The summed E-state index contributed by atoms with van der Waals surface area (Å²) in [5, 5.41) is 16.3. The lowest BCUT2D eigenvalue weighted by atomic mass is 10.3. The SMILES string of the molecule is CC(=O)O.Oc1ccccc1Br. The number of halogens is 1. The Bertz CT molecular complexity index is 235. The normalized spacial score (nSPS) is 8.17. The van der Waals surface area contributed by atoms with Crippen LogP contribution in [0.15, 0.2) is 28.7 Å². The number of para-hydroxylation sites is 1. The van der Waals surface area contributed by atoms with Crippen LogP contribution in [-0.4, -0.2) is 16.2 Å². The molecule has 0 spiro atoms. The minimum Gasteiger partial charge on any atom is -0.507 e. The molecule has 2 N–H and O–H groups in total. The van der Waals surface area contributed by atoms with E-state index in [2.05, 4.69) is 15.9 Å².